The number of anilines is 1. The Morgan fingerprint density at radius 2 is 1.90 bits per heavy atom. The maximum atomic E-state index is 12.3. The minimum absolute atomic E-state index is 0.213. The molecule has 0 aliphatic carbocycles. The van der Waals surface area contributed by atoms with Gasteiger partial charge < -0.3 is 4.98 Å². The topological polar surface area (TPSA) is 101 Å². The SMILES string of the molecule is Cc1cc2nc(CSc3nnc(NC(=O)c4ccccc4)s3)c(=O)[nH]c2cc1C. The Labute approximate surface area is 174 Å². The first-order valence-electron chi connectivity index (χ1n) is 8.82. The van der Waals surface area contributed by atoms with Crippen molar-refractivity contribution < 1.29 is 4.79 Å². The van der Waals surface area contributed by atoms with E-state index in [4.69, 9.17) is 0 Å². The minimum Gasteiger partial charge on any atom is -0.319 e. The van der Waals surface area contributed by atoms with E-state index in [1.165, 1.54) is 23.1 Å². The third-order valence-electron chi connectivity index (χ3n) is 4.37. The van der Waals surface area contributed by atoms with E-state index in [1.54, 1.807) is 24.3 Å². The zero-order valence-electron chi connectivity index (χ0n) is 15.7. The Kier molecular flexibility index (Phi) is 5.41. The summed E-state index contributed by atoms with van der Waals surface area (Å²) in [6, 6.07) is 12.8. The fraction of sp³-hybridized carbons (Fsp3) is 0.150. The standard InChI is InChI=1S/C20H17N5O2S2/c1-11-8-14-15(9-12(11)2)22-18(27)16(21-14)10-28-20-25-24-19(29-20)23-17(26)13-6-4-3-5-7-13/h3-9H,10H2,1-2H3,(H,22,27)(H,23,24,26). The number of amides is 1. The van der Waals surface area contributed by atoms with E-state index in [1.807, 2.05) is 32.0 Å². The lowest BCUT2D eigenvalue weighted by molar-refractivity contribution is 0.102. The number of H-pyrrole nitrogens is 1. The predicted octanol–water partition coefficient (Wildman–Crippen LogP) is 3.94. The molecule has 1 amide bonds. The van der Waals surface area contributed by atoms with Crippen molar-refractivity contribution in [3.8, 4) is 0 Å². The zero-order valence-corrected chi connectivity index (χ0v) is 17.4. The van der Waals surface area contributed by atoms with Crippen LogP contribution in [0.15, 0.2) is 51.6 Å². The Bertz CT molecular complexity index is 1250. The molecule has 0 spiro atoms. The van der Waals surface area contributed by atoms with E-state index in [0.717, 1.165) is 22.2 Å². The number of carbonyl (C=O) groups excluding carboxylic acids is 1. The highest BCUT2D eigenvalue weighted by molar-refractivity contribution is 8.00. The van der Waals surface area contributed by atoms with Crippen molar-refractivity contribution in [2.45, 2.75) is 23.9 Å². The normalized spacial score (nSPS) is 11.0. The largest absolute Gasteiger partial charge is 0.319 e. The summed E-state index contributed by atoms with van der Waals surface area (Å²) in [7, 11) is 0. The van der Waals surface area contributed by atoms with Crippen LogP contribution in [0.1, 0.15) is 27.2 Å². The van der Waals surface area contributed by atoms with Gasteiger partial charge in [0.25, 0.3) is 11.5 Å². The Hall–Kier alpha value is -3.04. The Balaban J connectivity index is 1.46. The van der Waals surface area contributed by atoms with Gasteiger partial charge in [0.15, 0.2) is 4.34 Å². The number of nitrogens with one attached hydrogen (secondary N) is 2. The summed E-state index contributed by atoms with van der Waals surface area (Å²) in [6.45, 7) is 4.02. The molecule has 0 saturated heterocycles. The number of nitrogens with zero attached hydrogens (tertiary/aromatic N) is 3. The van der Waals surface area contributed by atoms with E-state index in [2.05, 4.69) is 25.5 Å². The summed E-state index contributed by atoms with van der Waals surface area (Å²) in [5, 5.41) is 11.2. The second-order valence-electron chi connectivity index (χ2n) is 6.45. The van der Waals surface area contributed by atoms with Crippen molar-refractivity contribution in [2.75, 3.05) is 5.32 Å². The van der Waals surface area contributed by atoms with Crippen LogP contribution in [0.25, 0.3) is 11.0 Å². The maximum Gasteiger partial charge on any atom is 0.271 e. The second kappa shape index (κ2) is 8.14. The van der Waals surface area contributed by atoms with Crippen molar-refractivity contribution in [1.29, 1.82) is 0 Å². The maximum absolute atomic E-state index is 12.3. The van der Waals surface area contributed by atoms with Gasteiger partial charge in [-0.3, -0.25) is 14.9 Å². The predicted molar refractivity (Wildman–Crippen MR) is 116 cm³/mol. The van der Waals surface area contributed by atoms with Crippen LogP contribution in [-0.4, -0.2) is 26.1 Å². The monoisotopic (exact) mass is 423 g/mol. The van der Waals surface area contributed by atoms with Crippen LogP contribution < -0.4 is 10.9 Å². The molecule has 146 valence electrons. The molecule has 9 heteroatoms. The van der Waals surface area contributed by atoms with Crippen LogP contribution in [-0.2, 0) is 5.75 Å². The average molecular weight is 424 g/mol. The molecule has 0 saturated carbocycles. The number of aromatic nitrogens is 4. The molecule has 0 aliphatic rings. The lowest BCUT2D eigenvalue weighted by Crippen LogP contribution is -2.14. The lowest BCUT2D eigenvalue weighted by atomic mass is 10.1. The summed E-state index contributed by atoms with van der Waals surface area (Å²) in [4.78, 5) is 31.9. The molecule has 4 aromatic rings. The number of hydrogen-bond acceptors (Lipinski definition) is 7. The third kappa shape index (κ3) is 4.36. The van der Waals surface area contributed by atoms with Crippen molar-refractivity contribution >= 4 is 45.2 Å². The van der Waals surface area contributed by atoms with Gasteiger partial charge in [-0.1, -0.05) is 41.3 Å². The molecular formula is C20H17N5O2S2. The van der Waals surface area contributed by atoms with Crippen molar-refractivity contribution in [2.24, 2.45) is 0 Å². The van der Waals surface area contributed by atoms with Crippen LogP contribution >= 0.6 is 23.1 Å². The van der Waals surface area contributed by atoms with Crippen molar-refractivity contribution in [1.82, 2.24) is 20.2 Å². The first-order chi connectivity index (χ1) is 14.0. The van der Waals surface area contributed by atoms with Crippen LogP contribution in [0.5, 0.6) is 0 Å². The van der Waals surface area contributed by atoms with Crippen LogP contribution in [0.4, 0.5) is 5.13 Å². The Morgan fingerprint density at radius 3 is 2.69 bits per heavy atom. The highest BCUT2D eigenvalue weighted by atomic mass is 32.2. The quantitative estimate of drug-likeness (QED) is 0.373. The number of fused-ring (bicyclic) bond motifs is 1. The second-order valence-corrected chi connectivity index (χ2v) is 8.65. The molecule has 2 aromatic carbocycles. The molecule has 4 rings (SSSR count). The van der Waals surface area contributed by atoms with Crippen molar-refractivity contribution in [3.63, 3.8) is 0 Å². The molecule has 29 heavy (non-hydrogen) atoms. The van der Waals surface area contributed by atoms with Gasteiger partial charge in [-0.15, -0.1) is 10.2 Å². The van der Waals surface area contributed by atoms with Gasteiger partial charge in [-0.25, -0.2) is 4.98 Å². The van der Waals surface area contributed by atoms with Gasteiger partial charge in [-0.05, 0) is 49.2 Å². The number of aryl methyl sites for hydroxylation is 2. The number of carbonyl (C=O) groups is 1. The van der Waals surface area contributed by atoms with Gasteiger partial charge >= 0.3 is 0 Å². The van der Waals surface area contributed by atoms with Gasteiger partial charge in [0, 0.05) is 11.3 Å². The molecule has 2 N–H and O–H groups in total. The first-order valence-corrected chi connectivity index (χ1v) is 10.6. The molecule has 0 radical (unpaired) electrons. The van der Waals surface area contributed by atoms with E-state index in [0.29, 0.717) is 26.5 Å². The highest BCUT2D eigenvalue weighted by Crippen LogP contribution is 2.28. The fourth-order valence-corrected chi connectivity index (χ4v) is 4.37. The minimum atomic E-state index is -0.239. The summed E-state index contributed by atoms with van der Waals surface area (Å²) in [6.07, 6.45) is 0. The third-order valence-corrected chi connectivity index (χ3v) is 6.36. The van der Waals surface area contributed by atoms with E-state index >= 15 is 0 Å². The van der Waals surface area contributed by atoms with Gasteiger partial charge in [0.1, 0.15) is 5.69 Å². The average Bonchev–Trinajstić information content (AvgIpc) is 3.16. The molecule has 2 aromatic heterocycles. The number of benzene rings is 2. The smallest absolute Gasteiger partial charge is 0.271 e. The lowest BCUT2D eigenvalue weighted by Gasteiger charge is -2.05. The molecule has 0 aliphatic heterocycles. The summed E-state index contributed by atoms with van der Waals surface area (Å²) in [5.74, 6) is 0.121. The number of rotatable bonds is 5. The van der Waals surface area contributed by atoms with E-state index in [-0.39, 0.29) is 11.5 Å². The molecular weight excluding hydrogens is 406 g/mol. The van der Waals surface area contributed by atoms with E-state index < -0.39 is 0 Å². The number of hydrogen-bond donors (Lipinski definition) is 2. The van der Waals surface area contributed by atoms with E-state index in [9.17, 15) is 9.59 Å². The van der Waals surface area contributed by atoms with Gasteiger partial charge in [0.05, 0.1) is 11.0 Å². The summed E-state index contributed by atoms with van der Waals surface area (Å²) < 4.78 is 0.648. The zero-order chi connectivity index (χ0) is 20.4. The van der Waals surface area contributed by atoms with Gasteiger partial charge in [0.2, 0.25) is 5.13 Å². The van der Waals surface area contributed by atoms with Crippen LogP contribution in [0.2, 0.25) is 0 Å². The highest BCUT2D eigenvalue weighted by Gasteiger charge is 2.12. The fourth-order valence-electron chi connectivity index (χ4n) is 2.69. The molecule has 0 atom stereocenters. The molecule has 0 fully saturated rings. The summed E-state index contributed by atoms with van der Waals surface area (Å²) in [5.41, 5.74) is 4.49. The summed E-state index contributed by atoms with van der Waals surface area (Å²) >= 11 is 2.62. The Morgan fingerprint density at radius 1 is 1.14 bits per heavy atom. The van der Waals surface area contributed by atoms with Crippen molar-refractivity contribution in [3.05, 3.63) is 75.2 Å². The molecule has 0 unspecified atom stereocenters. The number of aromatic amines is 1. The molecule has 2 heterocycles. The number of thioether (sulfide) groups is 1. The molecule has 7 nitrogen and oxygen atoms in total. The molecule has 0 bridgehead atoms. The van der Waals surface area contributed by atoms with Crippen LogP contribution in [0.3, 0.4) is 0 Å². The first kappa shape index (κ1) is 19.3. The van der Waals surface area contributed by atoms with Crippen LogP contribution in [0, 0.1) is 13.8 Å². The van der Waals surface area contributed by atoms with Gasteiger partial charge in [-0.2, -0.15) is 0 Å².